The maximum atomic E-state index is 5.85. The zero-order valence-corrected chi connectivity index (χ0v) is 13.6. The molecule has 0 saturated carbocycles. The normalized spacial score (nSPS) is 10.7. The van der Waals surface area contributed by atoms with Crippen molar-refractivity contribution >= 4 is 44.6 Å². The van der Waals surface area contributed by atoms with Gasteiger partial charge in [0.05, 0.1) is 3.79 Å². The molecule has 0 fully saturated rings. The fourth-order valence-electron chi connectivity index (χ4n) is 2.02. The van der Waals surface area contributed by atoms with Gasteiger partial charge in [-0.1, -0.05) is 12.1 Å². The SMILES string of the molecule is Cc1cc(CCl)ccc1N(C)Cc1csc(Br)c1. The molecule has 0 spiro atoms. The van der Waals surface area contributed by atoms with Crippen molar-refractivity contribution in [2.24, 2.45) is 0 Å². The quantitative estimate of drug-likeness (QED) is 0.690. The van der Waals surface area contributed by atoms with Gasteiger partial charge in [-0.2, -0.15) is 0 Å². The molecule has 0 bridgehead atoms. The highest BCUT2D eigenvalue weighted by Crippen LogP contribution is 2.25. The fourth-order valence-corrected chi connectivity index (χ4v) is 3.38. The van der Waals surface area contributed by atoms with Crippen LogP contribution in [0.15, 0.2) is 33.4 Å². The molecule has 18 heavy (non-hydrogen) atoms. The number of alkyl halides is 1. The van der Waals surface area contributed by atoms with Crippen LogP contribution in [0.3, 0.4) is 0 Å². The second-order valence-electron chi connectivity index (χ2n) is 4.37. The van der Waals surface area contributed by atoms with Crippen LogP contribution in [0.2, 0.25) is 0 Å². The summed E-state index contributed by atoms with van der Waals surface area (Å²) < 4.78 is 1.18. The van der Waals surface area contributed by atoms with Crippen molar-refractivity contribution in [1.82, 2.24) is 0 Å². The molecule has 0 aliphatic rings. The summed E-state index contributed by atoms with van der Waals surface area (Å²) in [5, 5.41) is 2.18. The lowest BCUT2D eigenvalue weighted by molar-refractivity contribution is 0.920. The van der Waals surface area contributed by atoms with Gasteiger partial charge in [-0.15, -0.1) is 22.9 Å². The number of thiophene rings is 1. The number of anilines is 1. The van der Waals surface area contributed by atoms with Crippen molar-refractivity contribution in [2.75, 3.05) is 11.9 Å². The highest BCUT2D eigenvalue weighted by molar-refractivity contribution is 9.11. The maximum absolute atomic E-state index is 5.85. The average molecular weight is 345 g/mol. The molecule has 0 amide bonds. The van der Waals surface area contributed by atoms with Crippen LogP contribution in [0.5, 0.6) is 0 Å². The number of halogens is 2. The molecular formula is C14H15BrClNS. The minimum atomic E-state index is 0.572. The van der Waals surface area contributed by atoms with Crippen molar-refractivity contribution in [2.45, 2.75) is 19.3 Å². The highest BCUT2D eigenvalue weighted by Gasteiger charge is 2.07. The molecule has 96 valence electrons. The standard InChI is InChI=1S/C14H15BrClNS/c1-10-5-11(7-16)3-4-13(10)17(2)8-12-6-14(15)18-9-12/h3-6,9H,7-8H2,1-2H3. The molecule has 0 aliphatic carbocycles. The third kappa shape index (κ3) is 3.28. The second kappa shape index (κ2) is 6.09. The largest absolute Gasteiger partial charge is 0.370 e. The van der Waals surface area contributed by atoms with Crippen LogP contribution in [-0.2, 0) is 12.4 Å². The first-order valence-corrected chi connectivity index (χ1v) is 7.90. The van der Waals surface area contributed by atoms with Crippen molar-refractivity contribution < 1.29 is 0 Å². The molecule has 0 unspecified atom stereocenters. The number of nitrogens with zero attached hydrogens (tertiary/aromatic N) is 1. The van der Waals surface area contributed by atoms with E-state index in [-0.39, 0.29) is 0 Å². The third-order valence-corrected chi connectivity index (χ3v) is 4.73. The molecule has 1 aromatic carbocycles. The Morgan fingerprint density at radius 2 is 2.06 bits per heavy atom. The van der Waals surface area contributed by atoms with Gasteiger partial charge in [0.25, 0.3) is 0 Å². The van der Waals surface area contributed by atoms with Crippen LogP contribution in [-0.4, -0.2) is 7.05 Å². The Bertz CT molecular complexity index is 538. The molecule has 2 aromatic rings. The summed E-state index contributed by atoms with van der Waals surface area (Å²) in [6.07, 6.45) is 0. The topological polar surface area (TPSA) is 3.24 Å². The van der Waals surface area contributed by atoms with Gasteiger partial charge in [0.1, 0.15) is 0 Å². The summed E-state index contributed by atoms with van der Waals surface area (Å²) in [6.45, 7) is 3.05. The molecular weight excluding hydrogens is 330 g/mol. The van der Waals surface area contributed by atoms with Crippen LogP contribution in [0.25, 0.3) is 0 Å². The van der Waals surface area contributed by atoms with E-state index >= 15 is 0 Å². The van der Waals surface area contributed by atoms with Crippen molar-refractivity contribution in [1.29, 1.82) is 0 Å². The fraction of sp³-hybridized carbons (Fsp3) is 0.286. The van der Waals surface area contributed by atoms with Gasteiger partial charge in [-0.25, -0.2) is 0 Å². The second-order valence-corrected chi connectivity index (χ2v) is 6.93. The molecule has 0 radical (unpaired) electrons. The van der Waals surface area contributed by atoms with E-state index in [1.54, 1.807) is 11.3 Å². The van der Waals surface area contributed by atoms with Gasteiger partial charge in [0, 0.05) is 25.2 Å². The van der Waals surface area contributed by atoms with E-state index in [0.717, 1.165) is 6.54 Å². The van der Waals surface area contributed by atoms with Gasteiger partial charge in [-0.05, 0) is 57.1 Å². The van der Waals surface area contributed by atoms with Gasteiger partial charge in [-0.3, -0.25) is 0 Å². The van der Waals surface area contributed by atoms with Crippen LogP contribution in [0.1, 0.15) is 16.7 Å². The minimum absolute atomic E-state index is 0.572. The van der Waals surface area contributed by atoms with Crippen LogP contribution >= 0.6 is 38.9 Å². The van der Waals surface area contributed by atoms with E-state index in [1.807, 2.05) is 0 Å². The van der Waals surface area contributed by atoms with E-state index in [9.17, 15) is 0 Å². The maximum Gasteiger partial charge on any atom is 0.0701 e. The first kappa shape index (κ1) is 13.9. The lowest BCUT2D eigenvalue weighted by Crippen LogP contribution is -2.17. The summed E-state index contributed by atoms with van der Waals surface area (Å²) in [6, 6.07) is 8.57. The Hall–Kier alpha value is -0.510. The first-order valence-electron chi connectivity index (χ1n) is 5.69. The molecule has 1 aromatic heterocycles. The van der Waals surface area contributed by atoms with Crippen LogP contribution < -0.4 is 4.90 Å². The van der Waals surface area contributed by atoms with Crippen molar-refractivity contribution in [3.05, 3.63) is 50.1 Å². The zero-order valence-electron chi connectivity index (χ0n) is 10.4. The Kier molecular flexibility index (Phi) is 4.71. The Morgan fingerprint density at radius 3 is 2.61 bits per heavy atom. The number of rotatable bonds is 4. The smallest absolute Gasteiger partial charge is 0.0701 e. The summed E-state index contributed by atoms with van der Waals surface area (Å²) >= 11 is 11.1. The van der Waals surface area contributed by atoms with Crippen molar-refractivity contribution in [3.63, 3.8) is 0 Å². The summed E-state index contributed by atoms with van der Waals surface area (Å²) in [7, 11) is 2.12. The van der Waals surface area contributed by atoms with Crippen LogP contribution in [0, 0.1) is 6.92 Å². The lowest BCUT2D eigenvalue weighted by Gasteiger charge is -2.21. The molecule has 1 heterocycles. The van der Waals surface area contributed by atoms with E-state index in [0.29, 0.717) is 5.88 Å². The number of hydrogen-bond donors (Lipinski definition) is 0. The molecule has 0 aliphatic heterocycles. The van der Waals surface area contributed by atoms with E-state index in [1.165, 1.54) is 26.2 Å². The lowest BCUT2D eigenvalue weighted by atomic mass is 10.1. The Balaban J connectivity index is 2.15. The Morgan fingerprint density at radius 1 is 1.28 bits per heavy atom. The van der Waals surface area contributed by atoms with Gasteiger partial charge < -0.3 is 4.90 Å². The van der Waals surface area contributed by atoms with Crippen LogP contribution in [0.4, 0.5) is 5.69 Å². The zero-order chi connectivity index (χ0) is 13.1. The third-order valence-electron chi connectivity index (χ3n) is 2.87. The van der Waals surface area contributed by atoms with E-state index < -0.39 is 0 Å². The number of benzene rings is 1. The average Bonchev–Trinajstić information content (AvgIpc) is 2.74. The van der Waals surface area contributed by atoms with Gasteiger partial charge in [0.2, 0.25) is 0 Å². The monoisotopic (exact) mass is 343 g/mol. The molecule has 0 N–H and O–H groups in total. The molecule has 4 heteroatoms. The van der Waals surface area contributed by atoms with E-state index in [2.05, 4.69) is 64.4 Å². The molecule has 0 atom stereocenters. The molecule has 0 saturated heterocycles. The number of aryl methyl sites for hydroxylation is 1. The first-order chi connectivity index (χ1) is 8.60. The van der Waals surface area contributed by atoms with Crippen molar-refractivity contribution in [3.8, 4) is 0 Å². The minimum Gasteiger partial charge on any atom is -0.370 e. The predicted molar refractivity (Wildman–Crippen MR) is 84.9 cm³/mol. The highest BCUT2D eigenvalue weighted by atomic mass is 79.9. The van der Waals surface area contributed by atoms with Gasteiger partial charge in [0.15, 0.2) is 0 Å². The molecule has 1 nitrogen and oxygen atoms in total. The summed E-state index contributed by atoms with van der Waals surface area (Å²) in [5.41, 5.74) is 5.02. The Labute approximate surface area is 126 Å². The predicted octanol–water partition coefficient (Wildman–Crippen LogP) is 5.19. The van der Waals surface area contributed by atoms with E-state index in [4.69, 9.17) is 11.6 Å². The summed E-state index contributed by atoms with van der Waals surface area (Å²) in [4.78, 5) is 2.27. The summed E-state index contributed by atoms with van der Waals surface area (Å²) in [5.74, 6) is 0.572. The molecule has 2 rings (SSSR count). The number of hydrogen-bond acceptors (Lipinski definition) is 2. The van der Waals surface area contributed by atoms with Gasteiger partial charge >= 0.3 is 0 Å².